The van der Waals surface area contributed by atoms with E-state index in [2.05, 4.69) is 22.3 Å². The van der Waals surface area contributed by atoms with Gasteiger partial charge in [-0.25, -0.2) is 0 Å². The minimum Gasteiger partial charge on any atom is -0.370 e. The van der Waals surface area contributed by atoms with Gasteiger partial charge in [0.15, 0.2) is 0 Å². The summed E-state index contributed by atoms with van der Waals surface area (Å²) in [5.74, 6) is -0.172. The molecule has 0 atom stereocenters. The van der Waals surface area contributed by atoms with E-state index >= 15 is 0 Å². The quantitative estimate of drug-likeness (QED) is 0.884. The summed E-state index contributed by atoms with van der Waals surface area (Å²) in [6.07, 6.45) is 1.62. The van der Waals surface area contributed by atoms with Gasteiger partial charge in [-0.3, -0.25) is 4.79 Å². The first-order valence-electron chi connectivity index (χ1n) is 6.59. The van der Waals surface area contributed by atoms with E-state index in [1.807, 2.05) is 13.1 Å². The number of carbonyl (C=O) groups is 1. The zero-order valence-electron chi connectivity index (χ0n) is 11.2. The monoisotopic (exact) mass is 281 g/mol. The number of amides is 1. The first-order chi connectivity index (χ1) is 9.11. The number of hydrogen-bond donors (Lipinski definition) is 2. The van der Waals surface area contributed by atoms with E-state index in [0.717, 1.165) is 43.2 Å². The third kappa shape index (κ3) is 3.39. The Morgan fingerprint density at radius 3 is 2.68 bits per heavy atom. The van der Waals surface area contributed by atoms with Crippen LogP contribution in [0.3, 0.4) is 0 Å². The Kier molecular flexibility index (Phi) is 4.66. The third-order valence-corrected chi connectivity index (χ3v) is 3.93. The molecule has 1 aromatic rings. The first-order valence-corrected chi connectivity index (χ1v) is 6.97. The zero-order valence-corrected chi connectivity index (χ0v) is 11.9. The van der Waals surface area contributed by atoms with Gasteiger partial charge in [0.1, 0.15) is 0 Å². The average Bonchev–Trinajstić information content (AvgIpc) is 2.39. The third-order valence-electron chi connectivity index (χ3n) is 3.63. The van der Waals surface area contributed by atoms with Crippen LogP contribution in [0.1, 0.15) is 18.4 Å². The van der Waals surface area contributed by atoms with Gasteiger partial charge in [-0.05, 0) is 37.6 Å². The average molecular weight is 282 g/mol. The van der Waals surface area contributed by atoms with Crippen LogP contribution < -0.4 is 16.0 Å². The number of nitrogens with two attached hydrogens (primary N) is 1. The summed E-state index contributed by atoms with van der Waals surface area (Å²) < 4.78 is 0. The molecular formula is C14H20ClN3O. The van der Waals surface area contributed by atoms with Crippen LogP contribution in [-0.2, 0) is 11.3 Å². The van der Waals surface area contributed by atoms with E-state index in [0.29, 0.717) is 0 Å². The Morgan fingerprint density at radius 1 is 1.47 bits per heavy atom. The van der Waals surface area contributed by atoms with Gasteiger partial charge in [-0.2, -0.15) is 0 Å². The van der Waals surface area contributed by atoms with Crippen molar-refractivity contribution in [1.82, 2.24) is 5.32 Å². The van der Waals surface area contributed by atoms with Crippen molar-refractivity contribution < 1.29 is 4.79 Å². The highest BCUT2D eigenvalue weighted by molar-refractivity contribution is 6.33. The zero-order chi connectivity index (χ0) is 13.8. The Balaban J connectivity index is 2.05. The van der Waals surface area contributed by atoms with Crippen LogP contribution in [-0.4, -0.2) is 26.0 Å². The van der Waals surface area contributed by atoms with E-state index in [9.17, 15) is 4.79 Å². The van der Waals surface area contributed by atoms with E-state index in [-0.39, 0.29) is 11.8 Å². The molecule has 0 saturated carbocycles. The number of benzene rings is 1. The van der Waals surface area contributed by atoms with Gasteiger partial charge in [0.05, 0.1) is 10.7 Å². The van der Waals surface area contributed by atoms with Crippen molar-refractivity contribution in [1.29, 1.82) is 0 Å². The molecule has 19 heavy (non-hydrogen) atoms. The Labute approximate surface area is 118 Å². The largest absolute Gasteiger partial charge is 0.370 e. The predicted molar refractivity (Wildman–Crippen MR) is 78.3 cm³/mol. The van der Waals surface area contributed by atoms with E-state index in [1.165, 1.54) is 5.56 Å². The van der Waals surface area contributed by atoms with Gasteiger partial charge in [-0.15, -0.1) is 0 Å². The Morgan fingerprint density at radius 2 is 2.16 bits per heavy atom. The minimum absolute atomic E-state index is 0.0126. The summed E-state index contributed by atoms with van der Waals surface area (Å²) in [7, 11) is 1.91. The second-order valence-electron chi connectivity index (χ2n) is 4.98. The number of nitrogens with one attached hydrogen (secondary N) is 1. The molecule has 1 saturated heterocycles. The minimum atomic E-state index is -0.185. The number of rotatable bonds is 4. The molecule has 5 heteroatoms. The molecule has 0 spiro atoms. The molecule has 0 unspecified atom stereocenters. The molecule has 0 radical (unpaired) electrons. The van der Waals surface area contributed by atoms with Crippen molar-refractivity contribution >= 4 is 23.2 Å². The molecule has 1 aliphatic heterocycles. The molecule has 4 nitrogen and oxygen atoms in total. The van der Waals surface area contributed by atoms with Gasteiger partial charge in [0, 0.05) is 25.6 Å². The maximum atomic E-state index is 11.2. The van der Waals surface area contributed by atoms with Gasteiger partial charge in [0.25, 0.3) is 0 Å². The molecule has 0 aromatic heterocycles. The molecule has 3 N–H and O–H groups in total. The van der Waals surface area contributed by atoms with Gasteiger partial charge >= 0.3 is 0 Å². The van der Waals surface area contributed by atoms with Crippen molar-refractivity contribution in [3.05, 3.63) is 28.8 Å². The van der Waals surface area contributed by atoms with Crippen molar-refractivity contribution in [2.75, 3.05) is 25.0 Å². The highest BCUT2D eigenvalue weighted by atomic mass is 35.5. The molecule has 1 aliphatic rings. The summed E-state index contributed by atoms with van der Waals surface area (Å²) in [6, 6.07) is 6.13. The number of hydrogen-bond acceptors (Lipinski definition) is 3. The smallest absolute Gasteiger partial charge is 0.220 e. The fourth-order valence-electron chi connectivity index (χ4n) is 2.53. The van der Waals surface area contributed by atoms with Crippen LogP contribution in [0.25, 0.3) is 0 Å². The molecule has 1 fully saturated rings. The van der Waals surface area contributed by atoms with Crippen LogP contribution in [0.2, 0.25) is 5.02 Å². The van der Waals surface area contributed by atoms with Crippen LogP contribution in [0.15, 0.2) is 18.2 Å². The highest BCUT2D eigenvalue weighted by Gasteiger charge is 2.24. The lowest BCUT2D eigenvalue weighted by Gasteiger charge is -2.33. The lowest BCUT2D eigenvalue weighted by Crippen LogP contribution is -2.38. The lowest BCUT2D eigenvalue weighted by atomic mass is 9.96. The van der Waals surface area contributed by atoms with Crippen LogP contribution in [0, 0.1) is 5.92 Å². The predicted octanol–water partition coefficient (Wildman–Crippen LogP) is 1.76. The fourth-order valence-corrected chi connectivity index (χ4v) is 2.85. The van der Waals surface area contributed by atoms with E-state index in [4.69, 9.17) is 17.3 Å². The molecular weight excluding hydrogens is 262 g/mol. The van der Waals surface area contributed by atoms with Gasteiger partial charge in [0.2, 0.25) is 5.91 Å². The maximum Gasteiger partial charge on any atom is 0.220 e. The molecule has 1 aromatic carbocycles. The number of anilines is 1. The summed E-state index contributed by atoms with van der Waals surface area (Å²) in [5, 5.41) is 3.87. The number of halogens is 1. The normalized spacial score (nSPS) is 16.6. The topological polar surface area (TPSA) is 58.4 Å². The van der Waals surface area contributed by atoms with Crippen LogP contribution in [0.5, 0.6) is 0 Å². The molecule has 104 valence electrons. The molecule has 2 rings (SSSR count). The second kappa shape index (κ2) is 6.26. The molecule has 1 amide bonds. The van der Waals surface area contributed by atoms with Crippen molar-refractivity contribution in [2.24, 2.45) is 11.7 Å². The Hall–Kier alpha value is -1.26. The van der Waals surface area contributed by atoms with Crippen molar-refractivity contribution in [3.63, 3.8) is 0 Å². The standard InChI is InChI=1S/C14H20ClN3O/c1-17-9-10-2-3-13(12(15)8-10)18-6-4-11(5-7-18)14(16)19/h2-3,8,11,17H,4-7,9H2,1H3,(H2,16,19). The maximum absolute atomic E-state index is 11.2. The molecule has 0 aliphatic carbocycles. The van der Waals surface area contributed by atoms with Gasteiger partial charge < -0.3 is 16.0 Å². The van der Waals surface area contributed by atoms with Crippen LogP contribution in [0.4, 0.5) is 5.69 Å². The van der Waals surface area contributed by atoms with Crippen molar-refractivity contribution in [3.8, 4) is 0 Å². The SMILES string of the molecule is CNCc1ccc(N2CCC(C(N)=O)CC2)c(Cl)c1. The summed E-state index contributed by atoms with van der Waals surface area (Å²) >= 11 is 6.34. The van der Waals surface area contributed by atoms with Gasteiger partial charge in [-0.1, -0.05) is 17.7 Å². The summed E-state index contributed by atoms with van der Waals surface area (Å²) in [4.78, 5) is 13.4. The van der Waals surface area contributed by atoms with E-state index in [1.54, 1.807) is 0 Å². The highest BCUT2D eigenvalue weighted by Crippen LogP contribution is 2.30. The lowest BCUT2D eigenvalue weighted by molar-refractivity contribution is -0.122. The number of primary amides is 1. The van der Waals surface area contributed by atoms with Crippen LogP contribution >= 0.6 is 11.6 Å². The van der Waals surface area contributed by atoms with E-state index < -0.39 is 0 Å². The van der Waals surface area contributed by atoms with Crippen molar-refractivity contribution in [2.45, 2.75) is 19.4 Å². The summed E-state index contributed by atoms with van der Waals surface area (Å²) in [5.41, 5.74) is 7.56. The number of nitrogens with zero attached hydrogens (tertiary/aromatic N) is 1. The number of piperidine rings is 1. The Bertz CT molecular complexity index is 456. The first kappa shape index (κ1) is 14.2. The fraction of sp³-hybridized carbons (Fsp3) is 0.500. The molecule has 0 bridgehead atoms. The molecule has 1 heterocycles. The number of carbonyl (C=O) groups excluding carboxylic acids is 1. The summed E-state index contributed by atoms with van der Waals surface area (Å²) in [6.45, 7) is 2.47. The second-order valence-corrected chi connectivity index (χ2v) is 5.39.